The van der Waals surface area contributed by atoms with Gasteiger partial charge in [0.15, 0.2) is 0 Å². The fourth-order valence-electron chi connectivity index (χ4n) is 1.54. The third-order valence-electron chi connectivity index (χ3n) is 2.50. The fraction of sp³-hybridized carbons (Fsp3) is 0.0909. The molecule has 0 amide bonds. The van der Waals surface area contributed by atoms with E-state index in [1.54, 1.807) is 6.92 Å². The maximum Gasteiger partial charge on any atom is 0.265 e. The summed E-state index contributed by atoms with van der Waals surface area (Å²) >= 11 is 0. The molecule has 1 aromatic carbocycles. The highest BCUT2D eigenvalue weighted by atomic mass is 32.2. The second-order valence-electron chi connectivity index (χ2n) is 3.88. The van der Waals surface area contributed by atoms with Crippen molar-refractivity contribution in [2.75, 3.05) is 10.5 Å². The average Bonchev–Trinajstić information content (AvgIpc) is 2.79. The molecular weight excluding hydrogens is 266 g/mol. The smallest absolute Gasteiger partial charge is 0.265 e. The third-order valence-corrected chi connectivity index (χ3v) is 3.98. The quantitative estimate of drug-likeness (QED) is 0.721. The van der Waals surface area contributed by atoms with E-state index < -0.39 is 10.0 Å². The summed E-state index contributed by atoms with van der Waals surface area (Å²) in [5.41, 5.74) is 6.89. The van der Waals surface area contributed by atoms with Crippen LogP contribution in [0.1, 0.15) is 11.3 Å². The van der Waals surface area contributed by atoms with E-state index >= 15 is 0 Å². The largest absolute Gasteiger partial charge is 0.397 e. The maximum atomic E-state index is 12.1. The Balaban J connectivity index is 2.37. The minimum atomic E-state index is -3.75. The van der Waals surface area contributed by atoms with Gasteiger partial charge in [0.05, 0.1) is 34.9 Å². The molecule has 0 bridgehead atoms. The van der Waals surface area contributed by atoms with Crippen LogP contribution in [0.2, 0.25) is 0 Å². The maximum absolute atomic E-state index is 12.1. The molecule has 2 aromatic rings. The number of nitrogens with one attached hydrogen (secondary N) is 2. The Hall–Kier alpha value is -2.53. The predicted molar refractivity (Wildman–Crippen MR) is 69.7 cm³/mol. The van der Waals surface area contributed by atoms with Gasteiger partial charge in [0.1, 0.15) is 4.90 Å². The Morgan fingerprint density at radius 2 is 2.21 bits per heavy atom. The second-order valence-corrected chi connectivity index (χ2v) is 5.53. The van der Waals surface area contributed by atoms with Crippen molar-refractivity contribution in [1.82, 2.24) is 10.2 Å². The van der Waals surface area contributed by atoms with Gasteiger partial charge in [-0.1, -0.05) is 0 Å². The summed E-state index contributed by atoms with van der Waals surface area (Å²) in [4.78, 5) is 0.0521. The first-order chi connectivity index (χ1) is 8.94. The lowest BCUT2D eigenvalue weighted by atomic mass is 10.2. The highest BCUT2D eigenvalue weighted by molar-refractivity contribution is 7.92. The Bertz CT molecular complexity index is 758. The molecule has 0 unspecified atom stereocenters. The molecule has 0 aliphatic carbocycles. The van der Waals surface area contributed by atoms with Gasteiger partial charge in [-0.25, -0.2) is 8.42 Å². The standard InChI is InChI=1S/C11H11N5O2S/c1-7-11(6-14-15-7)19(17,18)16-10-3-2-8(5-12)4-9(10)13/h2-4,6,16H,13H2,1H3,(H,14,15). The summed E-state index contributed by atoms with van der Waals surface area (Å²) in [7, 11) is -3.75. The normalized spacial score (nSPS) is 10.9. The molecule has 4 N–H and O–H groups in total. The first-order valence-electron chi connectivity index (χ1n) is 5.26. The summed E-state index contributed by atoms with van der Waals surface area (Å²) in [5, 5.41) is 14.9. The van der Waals surface area contributed by atoms with Gasteiger partial charge < -0.3 is 5.73 Å². The number of anilines is 2. The SMILES string of the molecule is Cc1[nH]ncc1S(=O)(=O)Nc1ccc(C#N)cc1N. The number of nitrogen functional groups attached to an aromatic ring is 1. The molecule has 7 nitrogen and oxygen atoms in total. The van der Waals surface area contributed by atoms with Crippen molar-refractivity contribution in [3.05, 3.63) is 35.7 Å². The van der Waals surface area contributed by atoms with Crippen molar-refractivity contribution in [2.24, 2.45) is 0 Å². The van der Waals surface area contributed by atoms with Gasteiger partial charge >= 0.3 is 0 Å². The second kappa shape index (κ2) is 4.62. The number of hydrogen-bond donors (Lipinski definition) is 3. The number of aromatic amines is 1. The van der Waals surface area contributed by atoms with Crippen molar-refractivity contribution < 1.29 is 8.42 Å². The first kappa shape index (κ1) is 12.9. The van der Waals surface area contributed by atoms with E-state index in [0.29, 0.717) is 11.3 Å². The lowest BCUT2D eigenvalue weighted by Crippen LogP contribution is -2.14. The Morgan fingerprint density at radius 3 is 2.74 bits per heavy atom. The average molecular weight is 277 g/mol. The minimum Gasteiger partial charge on any atom is -0.397 e. The van der Waals surface area contributed by atoms with Gasteiger partial charge in [-0.05, 0) is 25.1 Å². The zero-order valence-electron chi connectivity index (χ0n) is 10.0. The van der Waals surface area contributed by atoms with Crippen LogP contribution in [0.15, 0.2) is 29.3 Å². The number of nitrogens with two attached hydrogens (primary N) is 1. The molecule has 2 rings (SSSR count). The third kappa shape index (κ3) is 2.51. The topological polar surface area (TPSA) is 125 Å². The van der Waals surface area contributed by atoms with Crippen LogP contribution in [0.25, 0.3) is 0 Å². The number of sulfonamides is 1. The molecule has 0 saturated heterocycles. The van der Waals surface area contributed by atoms with Gasteiger partial charge in [0.2, 0.25) is 0 Å². The number of nitriles is 1. The highest BCUT2D eigenvalue weighted by Gasteiger charge is 2.19. The van der Waals surface area contributed by atoms with Crippen molar-refractivity contribution in [1.29, 1.82) is 5.26 Å². The molecule has 8 heteroatoms. The van der Waals surface area contributed by atoms with E-state index in [4.69, 9.17) is 11.0 Å². The van der Waals surface area contributed by atoms with E-state index in [1.165, 1.54) is 24.4 Å². The molecule has 0 saturated carbocycles. The van der Waals surface area contributed by atoms with E-state index in [-0.39, 0.29) is 16.3 Å². The van der Waals surface area contributed by atoms with Crippen LogP contribution in [0.5, 0.6) is 0 Å². The van der Waals surface area contributed by atoms with Crippen LogP contribution in [0, 0.1) is 18.3 Å². The summed E-state index contributed by atoms with van der Waals surface area (Å²) in [6.07, 6.45) is 1.22. The summed E-state index contributed by atoms with van der Waals surface area (Å²) in [6, 6.07) is 6.25. The molecule has 19 heavy (non-hydrogen) atoms. The van der Waals surface area contributed by atoms with Gasteiger partial charge in [-0.2, -0.15) is 10.4 Å². The Morgan fingerprint density at radius 1 is 1.47 bits per heavy atom. The number of aryl methyl sites for hydroxylation is 1. The highest BCUT2D eigenvalue weighted by Crippen LogP contribution is 2.23. The van der Waals surface area contributed by atoms with Crippen LogP contribution in [0.3, 0.4) is 0 Å². The van der Waals surface area contributed by atoms with Crippen LogP contribution < -0.4 is 10.5 Å². The molecular formula is C11H11N5O2S. The molecule has 0 aliphatic rings. The van der Waals surface area contributed by atoms with Gasteiger partial charge in [-0.15, -0.1) is 0 Å². The van der Waals surface area contributed by atoms with Crippen LogP contribution in [0.4, 0.5) is 11.4 Å². The van der Waals surface area contributed by atoms with Crippen molar-refractivity contribution in [3.63, 3.8) is 0 Å². The van der Waals surface area contributed by atoms with Crippen LogP contribution in [-0.2, 0) is 10.0 Å². The van der Waals surface area contributed by atoms with Crippen LogP contribution in [-0.4, -0.2) is 18.6 Å². The number of aromatic nitrogens is 2. The first-order valence-corrected chi connectivity index (χ1v) is 6.75. The van der Waals surface area contributed by atoms with E-state index in [0.717, 1.165) is 0 Å². The van der Waals surface area contributed by atoms with E-state index in [9.17, 15) is 8.42 Å². The van der Waals surface area contributed by atoms with Gasteiger partial charge in [-0.3, -0.25) is 9.82 Å². The molecule has 1 aromatic heterocycles. The monoisotopic (exact) mass is 277 g/mol. The van der Waals surface area contributed by atoms with Crippen molar-refractivity contribution in [3.8, 4) is 6.07 Å². The Kier molecular flexibility index (Phi) is 3.14. The van der Waals surface area contributed by atoms with Crippen LogP contribution >= 0.6 is 0 Å². The van der Waals surface area contributed by atoms with Crippen molar-refractivity contribution >= 4 is 21.4 Å². The van der Waals surface area contributed by atoms with Gasteiger partial charge in [0.25, 0.3) is 10.0 Å². The molecule has 1 heterocycles. The fourth-order valence-corrected chi connectivity index (χ4v) is 2.76. The van der Waals surface area contributed by atoms with E-state index in [2.05, 4.69) is 14.9 Å². The number of hydrogen-bond acceptors (Lipinski definition) is 5. The lowest BCUT2D eigenvalue weighted by molar-refractivity contribution is 0.600. The van der Waals surface area contributed by atoms with Crippen molar-refractivity contribution in [2.45, 2.75) is 11.8 Å². The van der Waals surface area contributed by atoms with Gasteiger partial charge in [0, 0.05) is 0 Å². The number of benzene rings is 1. The van der Waals surface area contributed by atoms with E-state index in [1.807, 2.05) is 6.07 Å². The molecule has 0 radical (unpaired) electrons. The summed E-state index contributed by atoms with van der Waals surface area (Å²) in [5.74, 6) is 0. The molecule has 0 fully saturated rings. The molecule has 0 atom stereocenters. The summed E-state index contributed by atoms with van der Waals surface area (Å²) < 4.78 is 26.6. The molecule has 0 aliphatic heterocycles. The lowest BCUT2D eigenvalue weighted by Gasteiger charge is -2.09. The number of rotatable bonds is 3. The minimum absolute atomic E-state index is 0.0521. The number of nitrogens with zero attached hydrogens (tertiary/aromatic N) is 2. The number of H-pyrrole nitrogens is 1. The predicted octanol–water partition coefficient (Wildman–Crippen LogP) is 0.973. The Labute approximate surface area is 110 Å². The summed E-state index contributed by atoms with van der Waals surface area (Å²) in [6.45, 7) is 1.60. The zero-order valence-corrected chi connectivity index (χ0v) is 10.8. The zero-order chi connectivity index (χ0) is 14.0. The molecule has 98 valence electrons. The molecule has 0 spiro atoms.